The van der Waals surface area contributed by atoms with E-state index in [1.54, 1.807) is 23.1 Å². The molecule has 7 heteroatoms. The Bertz CT molecular complexity index is 572. The standard InChI is InChI=1S/C15H19Cl2N3O2/c1-11(21)20(14-9-12(16)3-4-13(14)17)10-15(22)19-7-5-18(2)6-8-19/h3-4,9H,5-8,10H2,1-2H3. The van der Waals surface area contributed by atoms with Crippen LogP contribution in [0.1, 0.15) is 6.92 Å². The minimum absolute atomic E-state index is 0.0287. The van der Waals surface area contributed by atoms with Crippen LogP contribution in [0.5, 0.6) is 0 Å². The van der Waals surface area contributed by atoms with Crippen molar-refractivity contribution >= 4 is 40.7 Å². The Morgan fingerprint density at radius 2 is 1.82 bits per heavy atom. The molecule has 0 bridgehead atoms. The second kappa shape index (κ2) is 7.31. The Hall–Kier alpha value is -1.30. The molecule has 120 valence electrons. The maximum atomic E-state index is 12.4. The van der Waals surface area contributed by atoms with Gasteiger partial charge < -0.3 is 14.7 Å². The summed E-state index contributed by atoms with van der Waals surface area (Å²) in [6, 6.07) is 4.87. The Morgan fingerprint density at radius 3 is 2.41 bits per heavy atom. The zero-order valence-electron chi connectivity index (χ0n) is 12.7. The largest absolute Gasteiger partial charge is 0.339 e. The molecule has 1 heterocycles. The van der Waals surface area contributed by atoms with Crippen molar-refractivity contribution in [1.29, 1.82) is 0 Å². The lowest BCUT2D eigenvalue weighted by molar-refractivity contribution is -0.132. The van der Waals surface area contributed by atoms with E-state index < -0.39 is 0 Å². The molecule has 1 aliphatic rings. The number of halogens is 2. The molecule has 0 unspecified atom stereocenters. The molecule has 1 aliphatic heterocycles. The van der Waals surface area contributed by atoms with E-state index in [1.807, 2.05) is 7.05 Å². The molecule has 1 saturated heterocycles. The molecule has 1 aromatic carbocycles. The molecule has 5 nitrogen and oxygen atoms in total. The molecule has 0 spiro atoms. The van der Waals surface area contributed by atoms with Gasteiger partial charge in [0, 0.05) is 38.1 Å². The van der Waals surface area contributed by atoms with E-state index in [9.17, 15) is 9.59 Å². The van der Waals surface area contributed by atoms with Gasteiger partial charge in [0.2, 0.25) is 11.8 Å². The van der Waals surface area contributed by atoms with Gasteiger partial charge in [0.15, 0.2) is 0 Å². The van der Waals surface area contributed by atoms with Crippen molar-refractivity contribution in [2.45, 2.75) is 6.92 Å². The van der Waals surface area contributed by atoms with Gasteiger partial charge in [-0.2, -0.15) is 0 Å². The molecule has 2 rings (SSSR count). The van der Waals surface area contributed by atoms with E-state index in [2.05, 4.69) is 4.90 Å². The molecule has 1 fully saturated rings. The first-order valence-electron chi connectivity index (χ1n) is 7.08. The van der Waals surface area contributed by atoms with Gasteiger partial charge in [0.1, 0.15) is 6.54 Å². The van der Waals surface area contributed by atoms with Crippen molar-refractivity contribution in [2.24, 2.45) is 0 Å². The molecule has 22 heavy (non-hydrogen) atoms. The highest BCUT2D eigenvalue weighted by atomic mass is 35.5. The first kappa shape index (κ1) is 17.1. The summed E-state index contributed by atoms with van der Waals surface area (Å²) in [4.78, 5) is 29.7. The minimum Gasteiger partial charge on any atom is -0.339 e. The van der Waals surface area contributed by atoms with Crippen LogP contribution >= 0.6 is 23.2 Å². The average Bonchev–Trinajstić information content (AvgIpc) is 2.47. The number of likely N-dealkylation sites (N-methyl/N-ethyl adjacent to an activating group) is 1. The second-order valence-electron chi connectivity index (χ2n) is 5.38. The highest BCUT2D eigenvalue weighted by molar-refractivity contribution is 6.35. The molecular weight excluding hydrogens is 325 g/mol. The number of rotatable bonds is 3. The molecule has 0 atom stereocenters. The predicted molar refractivity (Wildman–Crippen MR) is 88.6 cm³/mol. The quantitative estimate of drug-likeness (QED) is 0.844. The SMILES string of the molecule is CC(=O)N(CC(=O)N1CCN(C)CC1)c1cc(Cl)ccc1Cl. The summed E-state index contributed by atoms with van der Waals surface area (Å²) in [6.45, 7) is 4.40. The third-order valence-corrected chi connectivity index (χ3v) is 4.28. The molecular formula is C15H19Cl2N3O2. The second-order valence-corrected chi connectivity index (χ2v) is 6.23. The fourth-order valence-electron chi connectivity index (χ4n) is 2.35. The minimum atomic E-state index is -0.244. The summed E-state index contributed by atoms with van der Waals surface area (Å²) in [5.74, 6) is -0.328. The summed E-state index contributed by atoms with van der Waals surface area (Å²) >= 11 is 12.1. The van der Waals surface area contributed by atoms with Gasteiger partial charge >= 0.3 is 0 Å². The predicted octanol–water partition coefficient (Wildman–Crippen LogP) is 2.12. The number of benzene rings is 1. The van der Waals surface area contributed by atoms with Crippen molar-refractivity contribution in [3.05, 3.63) is 28.2 Å². The van der Waals surface area contributed by atoms with Gasteiger partial charge in [0.25, 0.3) is 0 Å². The Morgan fingerprint density at radius 1 is 1.18 bits per heavy atom. The average molecular weight is 344 g/mol. The van der Waals surface area contributed by atoms with E-state index >= 15 is 0 Å². The number of hydrogen-bond donors (Lipinski definition) is 0. The highest BCUT2D eigenvalue weighted by Gasteiger charge is 2.24. The molecule has 0 N–H and O–H groups in total. The van der Waals surface area contributed by atoms with Crippen LogP contribution in [0.4, 0.5) is 5.69 Å². The van der Waals surface area contributed by atoms with Crippen LogP contribution in [0, 0.1) is 0 Å². The van der Waals surface area contributed by atoms with E-state index in [-0.39, 0.29) is 18.4 Å². The van der Waals surface area contributed by atoms with E-state index in [0.29, 0.717) is 28.8 Å². The van der Waals surface area contributed by atoms with Gasteiger partial charge in [0.05, 0.1) is 10.7 Å². The Kier molecular flexibility index (Phi) is 5.67. The molecule has 2 amide bonds. The van der Waals surface area contributed by atoms with E-state index in [1.165, 1.54) is 11.8 Å². The molecule has 0 aromatic heterocycles. The van der Waals surface area contributed by atoms with E-state index in [4.69, 9.17) is 23.2 Å². The lowest BCUT2D eigenvalue weighted by Crippen LogP contribution is -2.50. The third kappa shape index (κ3) is 4.12. The number of anilines is 1. The van der Waals surface area contributed by atoms with Gasteiger partial charge in [-0.3, -0.25) is 9.59 Å². The maximum absolute atomic E-state index is 12.4. The topological polar surface area (TPSA) is 43.9 Å². The van der Waals surface area contributed by atoms with E-state index in [0.717, 1.165) is 13.1 Å². The summed E-state index contributed by atoms with van der Waals surface area (Å²) in [7, 11) is 2.02. The summed E-state index contributed by atoms with van der Waals surface area (Å²) < 4.78 is 0. The van der Waals surface area contributed by atoms with Crippen LogP contribution in [0.2, 0.25) is 10.0 Å². The molecule has 0 aliphatic carbocycles. The lowest BCUT2D eigenvalue weighted by Gasteiger charge is -2.34. The smallest absolute Gasteiger partial charge is 0.242 e. The Balaban J connectivity index is 2.14. The Labute approximate surface area is 140 Å². The van der Waals surface area contributed by atoms with Crippen LogP contribution in [-0.4, -0.2) is 61.4 Å². The van der Waals surface area contributed by atoms with Crippen molar-refractivity contribution in [1.82, 2.24) is 9.80 Å². The summed E-state index contributed by atoms with van der Waals surface area (Å²) in [6.07, 6.45) is 0. The van der Waals surface area contributed by atoms with Crippen molar-refractivity contribution < 1.29 is 9.59 Å². The normalized spacial score (nSPS) is 15.7. The lowest BCUT2D eigenvalue weighted by atomic mass is 10.2. The van der Waals surface area contributed by atoms with Gasteiger partial charge in [-0.25, -0.2) is 0 Å². The number of piperazine rings is 1. The van der Waals surface area contributed by atoms with Crippen molar-refractivity contribution in [3.8, 4) is 0 Å². The van der Waals surface area contributed by atoms with Gasteiger partial charge in [-0.1, -0.05) is 23.2 Å². The number of amides is 2. The zero-order chi connectivity index (χ0) is 16.3. The van der Waals surface area contributed by atoms with Gasteiger partial charge in [-0.05, 0) is 25.2 Å². The molecule has 1 aromatic rings. The van der Waals surface area contributed by atoms with Gasteiger partial charge in [-0.15, -0.1) is 0 Å². The fourth-order valence-corrected chi connectivity index (χ4v) is 2.74. The number of hydrogen-bond acceptors (Lipinski definition) is 3. The van der Waals surface area contributed by atoms with Crippen LogP contribution in [0.3, 0.4) is 0 Å². The van der Waals surface area contributed by atoms with Crippen LogP contribution in [-0.2, 0) is 9.59 Å². The fraction of sp³-hybridized carbons (Fsp3) is 0.467. The van der Waals surface area contributed by atoms with Crippen molar-refractivity contribution in [3.63, 3.8) is 0 Å². The molecule has 0 saturated carbocycles. The number of nitrogens with zero attached hydrogens (tertiary/aromatic N) is 3. The van der Waals surface area contributed by atoms with Crippen molar-refractivity contribution in [2.75, 3.05) is 44.7 Å². The monoisotopic (exact) mass is 343 g/mol. The first-order valence-corrected chi connectivity index (χ1v) is 7.83. The van der Waals surface area contributed by atoms with Crippen LogP contribution in [0.15, 0.2) is 18.2 Å². The summed E-state index contributed by atoms with van der Waals surface area (Å²) in [5, 5.41) is 0.864. The third-order valence-electron chi connectivity index (χ3n) is 3.73. The first-order chi connectivity index (χ1) is 10.4. The molecule has 0 radical (unpaired) electrons. The highest BCUT2D eigenvalue weighted by Crippen LogP contribution is 2.29. The zero-order valence-corrected chi connectivity index (χ0v) is 14.2. The number of carbonyl (C=O) groups is 2. The number of carbonyl (C=O) groups excluding carboxylic acids is 2. The summed E-state index contributed by atoms with van der Waals surface area (Å²) in [5.41, 5.74) is 0.462. The van der Waals surface area contributed by atoms with Crippen LogP contribution in [0.25, 0.3) is 0 Å². The maximum Gasteiger partial charge on any atom is 0.242 e. The van der Waals surface area contributed by atoms with Crippen LogP contribution < -0.4 is 4.90 Å².